The molecule has 3 heterocycles. The van der Waals surface area contributed by atoms with Crippen molar-refractivity contribution < 1.29 is 9.53 Å². The van der Waals surface area contributed by atoms with E-state index in [0.717, 1.165) is 18.7 Å². The van der Waals surface area contributed by atoms with Crippen molar-refractivity contribution in [3.8, 4) is 0 Å². The summed E-state index contributed by atoms with van der Waals surface area (Å²) in [6.07, 6.45) is 6.06. The van der Waals surface area contributed by atoms with Crippen LogP contribution in [-0.4, -0.2) is 36.2 Å². The first-order valence-corrected chi connectivity index (χ1v) is 6.77. The van der Waals surface area contributed by atoms with Gasteiger partial charge in [-0.2, -0.15) is 0 Å². The Labute approximate surface area is 112 Å². The summed E-state index contributed by atoms with van der Waals surface area (Å²) < 4.78 is 4.68. The summed E-state index contributed by atoms with van der Waals surface area (Å²) in [6, 6.07) is 5.02. The number of aromatic nitrogens is 1. The van der Waals surface area contributed by atoms with Crippen LogP contribution < -0.4 is 10.6 Å². The van der Waals surface area contributed by atoms with Crippen molar-refractivity contribution in [1.29, 1.82) is 0 Å². The zero-order valence-corrected chi connectivity index (χ0v) is 11.1. The minimum atomic E-state index is -0.345. The normalized spacial score (nSPS) is 29.4. The predicted molar refractivity (Wildman–Crippen MR) is 72.1 cm³/mol. The standard InChI is InChI=1S/C14H19N3O2/c1-19-14(18)9-2-5-13(16-8-9)17-11-3-4-12(17)7-10(15)6-11/h2,5,8,10-12H,3-4,6-7,15H2,1H3/t10?,11-,12+. The number of hydrogen-bond acceptors (Lipinski definition) is 5. The number of pyridine rings is 1. The lowest BCUT2D eigenvalue weighted by Gasteiger charge is -2.38. The molecule has 1 unspecified atom stereocenters. The van der Waals surface area contributed by atoms with Crippen molar-refractivity contribution in [3.63, 3.8) is 0 Å². The van der Waals surface area contributed by atoms with Gasteiger partial charge < -0.3 is 15.4 Å². The summed E-state index contributed by atoms with van der Waals surface area (Å²) in [4.78, 5) is 18.2. The van der Waals surface area contributed by atoms with Crippen LogP contribution in [0.3, 0.4) is 0 Å². The molecular formula is C14H19N3O2. The number of fused-ring (bicyclic) bond motifs is 2. The fraction of sp³-hybridized carbons (Fsp3) is 0.571. The van der Waals surface area contributed by atoms with Gasteiger partial charge in [-0.1, -0.05) is 0 Å². The highest BCUT2D eigenvalue weighted by molar-refractivity contribution is 5.89. The van der Waals surface area contributed by atoms with E-state index >= 15 is 0 Å². The number of nitrogens with zero attached hydrogens (tertiary/aromatic N) is 2. The zero-order valence-electron chi connectivity index (χ0n) is 11.1. The number of methoxy groups -OCH3 is 1. The monoisotopic (exact) mass is 261 g/mol. The van der Waals surface area contributed by atoms with Crippen molar-refractivity contribution in [1.82, 2.24) is 4.98 Å². The first kappa shape index (κ1) is 12.4. The summed E-state index contributed by atoms with van der Waals surface area (Å²) in [5.41, 5.74) is 6.56. The molecule has 2 bridgehead atoms. The van der Waals surface area contributed by atoms with Crippen molar-refractivity contribution in [2.75, 3.05) is 12.0 Å². The van der Waals surface area contributed by atoms with Gasteiger partial charge in [0.2, 0.25) is 0 Å². The lowest BCUT2D eigenvalue weighted by atomic mass is 9.98. The smallest absolute Gasteiger partial charge is 0.339 e. The molecule has 2 N–H and O–H groups in total. The molecule has 3 atom stereocenters. The molecule has 5 nitrogen and oxygen atoms in total. The molecule has 0 aromatic carbocycles. The van der Waals surface area contributed by atoms with E-state index in [9.17, 15) is 4.79 Å². The van der Waals surface area contributed by atoms with Gasteiger partial charge in [0.25, 0.3) is 0 Å². The first-order valence-electron chi connectivity index (χ1n) is 6.77. The van der Waals surface area contributed by atoms with E-state index in [4.69, 9.17) is 5.73 Å². The van der Waals surface area contributed by atoms with Gasteiger partial charge in [-0.3, -0.25) is 0 Å². The van der Waals surface area contributed by atoms with Crippen LogP contribution in [0.5, 0.6) is 0 Å². The van der Waals surface area contributed by atoms with Gasteiger partial charge in [-0.05, 0) is 37.8 Å². The van der Waals surface area contributed by atoms with Gasteiger partial charge in [0.1, 0.15) is 5.82 Å². The number of anilines is 1. The molecule has 1 aromatic rings. The largest absolute Gasteiger partial charge is 0.465 e. The molecule has 0 amide bonds. The number of nitrogens with two attached hydrogens (primary N) is 1. The van der Waals surface area contributed by atoms with Gasteiger partial charge in [-0.15, -0.1) is 0 Å². The van der Waals surface area contributed by atoms with Crippen molar-refractivity contribution in [2.45, 2.75) is 43.8 Å². The highest BCUT2D eigenvalue weighted by atomic mass is 16.5. The van der Waals surface area contributed by atoms with Crippen LogP contribution in [0, 0.1) is 0 Å². The lowest BCUT2D eigenvalue weighted by Crippen LogP contribution is -2.47. The van der Waals surface area contributed by atoms with Crippen molar-refractivity contribution in [2.24, 2.45) is 5.73 Å². The SMILES string of the molecule is COC(=O)c1ccc(N2[C@@H]3CC[C@H]2CC(N)C3)nc1. The maximum absolute atomic E-state index is 11.4. The minimum absolute atomic E-state index is 0.322. The maximum atomic E-state index is 11.4. The molecule has 102 valence electrons. The quantitative estimate of drug-likeness (QED) is 0.813. The van der Waals surface area contributed by atoms with Crippen molar-refractivity contribution >= 4 is 11.8 Å². The molecule has 2 saturated heterocycles. The number of ether oxygens (including phenoxy) is 1. The summed E-state index contributed by atoms with van der Waals surface area (Å²) >= 11 is 0. The van der Waals surface area contributed by atoms with Crippen LogP contribution in [0.25, 0.3) is 0 Å². The molecule has 2 aliphatic rings. The Morgan fingerprint density at radius 3 is 2.58 bits per heavy atom. The Morgan fingerprint density at radius 2 is 2.05 bits per heavy atom. The average molecular weight is 261 g/mol. The zero-order chi connectivity index (χ0) is 13.4. The van der Waals surface area contributed by atoms with Crippen LogP contribution in [0.4, 0.5) is 5.82 Å². The predicted octanol–water partition coefficient (Wildman–Crippen LogP) is 1.33. The van der Waals surface area contributed by atoms with E-state index in [0.29, 0.717) is 23.7 Å². The van der Waals surface area contributed by atoms with E-state index < -0.39 is 0 Å². The van der Waals surface area contributed by atoms with Crippen LogP contribution in [0.1, 0.15) is 36.0 Å². The second kappa shape index (κ2) is 4.81. The van der Waals surface area contributed by atoms with Gasteiger partial charge in [0.05, 0.1) is 12.7 Å². The fourth-order valence-electron chi connectivity index (χ4n) is 3.37. The number of carbonyl (C=O) groups excluding carboxylic acids is 1. The van der Waals surface area contributed by atoms with Gasteiger partial charge >= 0.3 is 5.97 Å². The molecule has 0 spiro atoms. The molecule has 2 fully saturated rings. The molecule has 2 aliphatic heterocycles. The summed E-state index contributed by atoms with van der Waals surface area (Å²) in [5.74, 6) is 0.606. The van der Waals surface area contributed by atoms with E-state index in [1.807, 2.05) is 6.07 Å². The Bertz CT molecular complexity index is 460. The second-order valence-corrected chi connectivity index (χ2v) is 5.42. The molecule has 0 aliphatic carbocycles. The third kappa shape index (κ3) is 2.18. The third-order valence-electron chi connectivity index (χ3n) is 4.20. The van der Waals surface area contributed by atoms with Crippen LogP contribution in [0.2, 0.25) is 0 Å². The number of hydrogen-bond donors (Lipinski definition) is 1. The second-order valence-electron chi connectivity index (χ2n) is 5.42. The summed E-state index contributed by atoms with van der Waals surface area (Å²) in [5, 5.41) is 0. The Balaban J connectivity index is 1.81. The molecule has 3 rings (SSSR count). The molecule has 1 aromatic heterocycles. The highest BCUT2D eigenvalue weighted by Gasteiger charge is 2.40. The van der Waals surface area contributed by atoms with Gasteiger partial charge in [0, 0.05) is 24.3 Å². The topological polar surface area (TPSA) is 68.5 Å². The average Bonchev–Trinajstić information content (AvgIpc) is 2.70. The highest BCUT2D eigenvalue weighted by Crippen LogP contribution is 2.37. The Morgan fingerprint density at radius 1 is 1.37 bits per heavy atom. The lowest BCUT2D eigenvalue weighted by molar-refractivity contribution is 0.0600. The molecule has 0 saturated carbocycles. The fourth-order valence-corrected chi connectivity index (χ4v) is 3.37. The van der Waals surface area contributed by atoms with Gasteiger partial charge in [-0.25, -0.2) is 9.78 Å². The summed E-state index contributed by atoms with van der Waals surface area (Å²) in [7, 11) is 1.38. The maximum Gasteiger partial charge on any atom is 0.339 e. The summed E-state index contributed by atoms with van der Waals surface area (Å²) in [6.45, 7) is 0. The van der Waals surface area contributed by atoms with Crippen LogP contribution >= 0.6 is 0 Å². The molecule has 19 heavy (non-hydrogen) atoms. The van der Waals surface area contributed by atoms with E-state index in [1.54, 1.807) is 12.3 Å². The van der Waals surface area contributed by atoms with E-state index in [-0.39, 0.29) is 5.97 Å². The van der Waals surface area contributed by atoms with Gasteiger partial charge in [0.15, 0.2) is 0 Å². The Hall–Kier alpha value is -1.62. The van der Waals surface area contributed by atoms with Crippen LogP contribution in [0.15, 0.2) is 18.3 Å². The number of piperidine rings is 1. The van der Waals surface area contributed by atoms with Crippen molar-refractivity contribution in [3.05, 3.63) is 23.9 Å². The number of esters is 1. The number of rotatable bonds is 2. The molecule has 0 radical (unpaired) electrons. The first-order chi connectivity index (χ1) is 9.19. The third-order valence-corrected chi connectivity index (χ3v) is 4.20. The minimum Gasteiger partial charge on any atom is -0.465 e. The van der Waals surface area contributed by atoms with E-state index in [2.05, 4.69) is 14.6 Å². The molecule has 5 heteroatoms. The Kier molecular flexibility index (Phi) is 3.14. The van der Waals surface area contributed by atoms with Crippen LogP contribution in [-0.2, 0) is 4.74 Å². The number of carbonyl (C=O) groups is 1. The van der Waals surface area contributed by atoms with E-state index in [1.165, 1.54) is 20.0 Å². The molecular weight excluding hydrogens is 242 g/mol.